The average Bonchev–Trinajstić information content (AvgIpc) is 2.68. The minimum absolute atomic E-state index is 0.0284. The molecule has 0 unspecified atom stereocenters. The van der Waals surface area contributed by atoms with Crippen LogP contribution in [0.2, 0.25) is 0 Å². The van der Waals surface area contributed by atoms with Crippen molar-refractivity contribution in [2.24, 2.45) is 34.5 Å². The van der Waals surface area contributed by atoms with Crippen LogP contribution in [0.15, 0.2) is 11.6 Å². The van der Waals surface area contributed by atoms with Crippen molar-refractivity contribution in [1.82, 2.24) is 0 Å². The molecule has 3 aliphatic rings. The number of allylic oxidation sites excluding steroid dienone is 1. The van der Waals surface area contributed by atoms with Crippen molar-refractivity contribution in [3.63, 3.8) is 0 Å². The predicted molar refractivity (Wildman–Crippen MR) is 102 cm³/mol. The summed E-state index contributed by atoms with van der Waals surface area (Å²) in [6.45, 7) is 5.95. The van der Waals surface area contributed by atoms with Crippen LogP contribution in [0.4, 0.5) is 0 Å². The monoisotopic (exact) mass is 392 g/mol. The van der Waals surface area contributed by atoms with E-state index in [1.54, 1.807) is 6.92 Å². The number of aliphatic hydroxyl groups is 1. The number of hydrogen-bond donors (Lipinski definition) is 1. The zero-order chi connectivity index (χ0) is 20.9. The summed E-state index contributed by atoms with van der Waals surface area (Å²) in [5, 5.41) is 10.7. The highest BCUT2D eigenvalue weighted by atomic mass is 16.5. The zero-order valence-corrected chi connectivity index (χ0v) is 17.5. The molecule has 0 spiro atoms. The van der Waals surface area contributed by atoms with Crippen molar-refractivity contribution in [3.8, 4) is 0 Å². The van der Waals surface area contributed by atoms with E-state index in [4.69, 9.17) is 9.47 Å². The predicted octanol–water partition coefficient (Wildman–Crippen LogP) is 2.68. The highest BCUT2D eigenvalue weighted by molar-refractivity contribution is 5.87. The van der Waals surface area contributed by atoms with Gasteiger partial charge in [0.05, 0.1) is 25.7 Å². The number of ketones is 1. The van der Waals surface area contributed by atoms with Crippen LogP contribution in [0, 0.1) is 34.5 Å². The molecule has 7 atom stereocenters. The van der Waals surface area contributed by atoms with Crippen LogP contribution < -0.4 is 0 Å². The van der Waals surface area contributed by atoms with Gasteiger partial charge in [0.15, 0.2) is 0 Å². The van der Waals surface area contributed by atoms with Gasteiger partial charge in [-0.1, -0.05) is 19.4 Å². The van der Waals surface area contributed by atoms with Crippen LogP contribution in [0.25, 0.3) is 0 Å². The molecule has 0 saturated heterocycles. The fourth-order valence-corrected chi connectivity index (χ4v) is 6.53. The van der Waals surface area contributed by atoms with E-state index in [1.807, 2.05) is 6.92 Å². The molecule has 0 aliphatic heterocycles. The molecular formula is C22H32O6. The first kappa shape index (κ1) is 21.0. The van der Waals surface area contributed by atoms with Gasteiger partial charge in [0, 0.05) is 18.4 Å². The number of carbonyl (C=O) groups excluding carboxylic acids is 3. The van der Waals surface area contributed by atoms with Gasteiger partial charge in [-0.15, -0.1) is 0 Å². The Morgan fingerprint density at radius 1 is 1.18 bits per heavy atom. The van der Waals surface area contributed by atoms with E-state index >= 15 is 0 Å². The van der Waals surface area contributed by atoms with Crippen LogP contribution in [0.1, 0.15) is 52.9 Å². The fraction of sp³-hybridized carbons (Fsp3) is 0.773. The molecule has 0 radical (unpaired) electrons. The lowest BCUT2D eigenvalue weighted by atomic mass is 9.42. The van der Waals surface area contributed by atoms with Gasteiger partial charge >= 0.3 is 11.9 Å². The Morgan fingerprint density at radius 2 is 1.86 bits per heavy atom. The topological polar surface area (TPSA) is 89.9 Å². The van der Waals surface area contributed by atoms with Crippen LogP contribution in [-0.4, -0.2) is 43.2 Å². The fourth-order valence-electron chi connectivity index (χ4n) is 6.53. The summed E-state index contributed by atoms with van der Waals surface area (Å²) in [4.78, 5) is 37.7. The quantitative estimate of drug-likeness (QED) is 0.574. The number of methoxy groups -OCH3 is 2. The zero-order valence-electron chi connectivity index (χ0n) is 17.5. The Balaban J connectivity index is 1.99. The van der Waals surface area contributed by atoms with E-state index in [9.17, 15) is 19.5 Å². The average molecular weight is 392 g/mol. The number of hydrogen-bond acceptors (Lipinski definition) is 6. The summed E-state index contributed by atoms with van der Waals surface area (Å²) in [7, 11) is 2.69. The second kappa shape index (κ2) is 7.29. The lowest BCUT2D eigenvalue weighted by molar-refractivity contribution is -0.197. The Morgan fingerprint density at radius 3 is 2.46 bits per heavy atom. The third kappa shape index (κ3) is 2.92. The first-order valence-corrected chi connectivity index (χ1v) is 10.2. The molecule has 3 saturated carbocycles. The second-order valence-electron chi connectivity index (χ2n) is 9.26. The van der Waals surface area contributed by atoms with Gasteiger partial charge in [-0.2, -0.15) is 0 Å². The normalized spacial score (nSPS) is 44.4. The standard InChI is InChI=1S/C22H32O6/c1-12-13(10-18(25)27-4)6-7-14-19(12)15(23)11-16-21(14,2)9-8-17(24)22(16,3)20(26)28-5/h10,12,14,16-17,19,24H,6-9,11H2,1-5H3/b13-10-/t12-,14+,16+,17-,19-,21-,22-/m0/s1. The first-order valence-electron chi connectivity index (χ1n) is 10.2. The SMILES string of the molecule is COC(=O)/C=C1/CC[C@@H]2[C@@H](C(=O)C[C@@H]3[C@@]2(C)CC[C@H](O)[C@@]3(C)C(=O)OC)[C@H]1C. The maximum Gasteiger partial charge on any atom is 0.330 e. The van der Waals surface area contributed by atoms with Crippen LogP contribution in [0.5, 0.6) is 0 Å². The number of Topliss-reactive ketones (excluding diaryl/α,β-unsaturated/α-hetero) is 1. The van der Waals surface area contributed by atoms with Crippen molar-refractivity contribution in [3.05, 3.63) is 11.6 Å². The summed E-state index contributed by atoms with van der Waals surface area (Å²) >= 11 is 0. The molecule has 6 nitrogen and oxygen atoms in total. The molecule has 6 heteroatoms. The second-order valence-corrected chi connectivity index (χ2v) is 9.26. The summed E-state index contributed by atoms with van der Waals surface area (Å²) in [6.07, 6.45) is 3.83. The largest absolute Gasteiger partial charge is 0.469 e. The van der Waals surface area contributed by atoms with Gasteiger partial charge < -0.3 is 14.6 Å². The van der Waals surface area contributed by atoms with E-state index in [0.717, 1.165) is 24.8 Å². The maximum absolute atomic E-state index is 13.3. The van der Waals surface area contributed by atoms with E-state index < -0.39 is 17.5 Å². The lowest BCUT2D eigenvalue weighted by Gasteiger charge is -2.61. The molecule has 3 rings (SSSR count). The number of ether oxygens (including phenoxy) is 2. The van der Waals surface area contributed by atoms with Crippen molar-refractivity contribution >= 4 is 17.7 Å². The van der Waals surface area contributed by atoms with Gasteiger partial charge in [-0.3, -0.25) is 9.59 Å². The maximum atomic E-state index is 13.3. The van der Waals surface area contributed by atoms with Crippen LogP contribution in [-0.2, 0) is 23.9 Å². The molecule has 0 aromatic heterocycles. The number of fused-ring (bicyclic) bond motifs is 3. The van der Waals surface area contributed by atoms with Crippen LogP contribution in [0.3, 0.4) is 0 Å². The molecule has 0 aromatic rings. The molecular weight excluding hydrogens is 360 g/mol. The van der Waals surface area contributed by atoms with Gasteiger partial charge in [-0.25, -0.2) is 4.79 Å². The van der Waals surface area contributed by atoms with Crippen molar-refractivity contribution < 1.29 is 29.0 Å². The van der Waals surface area contributed by atoms with E-state index in [1.165, 1.54) is 20.3 Å². The number of rotatable bonds is 2. The molecule has 0 heterocycles. The summed E-state index contributed by atoms with van der Waals surface area (Å²) < 4.78 is 9.82. The Hall–Kier alpha value is -1.69. The van der Waals surface area contributed by atoms with E-state index in [0.29, 0.717) is 6.42 Å². The number of carbonyl (C=O) groups is 3. The smallest absolute Gasteiger partial charge is 0.330 e. The van der Waals surface area contributed by atoms with Gasteiger partial charge in [0.25, 0.3) is 0 Å². The van der Waals surface area contributed by atoms with Crippen molar-refractivity contribution in [2.45, 2.75) is 59.0 Å². The van der Waals surface area contributed by atoms with Gasteiger partial charge in [0.1, 0.15) is 5.78 Å². The Bertz CT molecular complexity index is 712. The molecule has 3 aliphatic carbocycles. The van der Waals surface area contributed by atoms with Gasteiger partial charge in [-0.05, 0) is 55.8 Å². The molecule has 28 heavy (non-hydrogen) atoms. The molecule has 0 bridgehead atoms. The lowest BCUT2D eigenvalue weighted by Crippen LogP contribution is -2.63. The molecule has 156 valence electrons. The first-order chi connectivity index (χ1) is 13.1. The molecule has 0 aromatic carbocycles. The Labute approximate surface area is 166 Å². The van der Waals surface area contributed by atoms with Crippen molar-refractivity contribution in [2.75, 3.05) is 14.2 Å². The van der Waals surface area contributed by atoms with Crippen LogP contribution >= 0.6 is 0 Å². The van der Waals surface area contributed by atoms with E-state index in [2.05, 4.69) is 6.92 Å². The highest BCUT2D eigenvalue weighted by Gasteiger charge is 2.65. The minimum atomic E-state index is -1.08. The molecule has 3 fully saturated rings. The summed E-state index contributed by atoms with van der Waals surface area (Å²) in [5.74, 6) is -1.01. The Kier molecular flexibility index (Phi) is 5.47. The third-order valence-corrected chi connectivity index (χ3v) is 8.22. The van der Waals surface area contributed by atoms with Crippen molar-refractivity contribution in [1.29, 1.82) is 0 Å². The summed E-state index contributed by atoms with van der Waals surface area (Å²) in [6, 6.07) is 0. The molecule has 0 amide bonds. The molecule has 1 N–H and O–H groups in total. The van der Waals surface area contributed by atoms with Gasteiger partial charge in [0.2, 0.25) is 0 Å². The number of aliphatic hydroxyl groups excluding tert-OH is 1. The highest BCUT2D eigenvalue weighted by Crippen LogP contribution is 2.64. The third-order valence-electron chi connectivity index (χ3n) is 8.22. The summed E-state index contributed by atoms with van der Waals surface area (Å²) in [5.41, 5.74) is -0.338. The number of esters is 2. The minimum Gasteiger partial charge on any atom is -0.469 e. The van der Waals surface area contributed by atoms with E-state index in [-0.39, 0.29) is 47.3 Å².